The number of aromatic nitrogens is 1. The summed E-state index contributed by atoms with van der Waals surface area (Å²) in [5.74, 6) is -0.588. The third kappa shape index (κ3) is 2.64. The molecule has 1 aliphatic carbocycles. The minimum absolute atomic E-state index is 0.117. The Labute approximate surface area is 117 Å². The van der Waals surface area contributed by atoms with Crippen LogP contribution in [0.25, 0.3) is 0 Å². The molecule has 108 valence electrons. The summed E-state index contributed by atoms with van der Waals surface area (Å²) in [6.07, 6.45) is 5.93. The van der Waals surface area contributed by atoms with E-state index >= 15 is 0 Å². The summed E-state index contributed by atoms with van der Waals surface area (Å²) in [5.41, 5.74) is 6.73. The molecule has 6 heteroatoms. The number of esters is 1. The number of hydrogen-bond acceptors (Lipinski definition) is 4. The first-order valence-electron chi connectivity index (χ1n) is 7.07. The van der Waals surface area contributed by atoms with Gasteiger partial charge in [0.25, 0.3) is 5.91 Å². The Morgan fingerprint density at radius 3 is 2.65 bits per heavy atom. The molecule has 1 saturated heterocycles. The molecular weight excluding hydrogens is 258 g/mol. The molecule has 20 heavy (non-hydrogen) atoms. The number of rotatable bonds is 4. The van der Waals surface area contributed by atoms with Gasteiger partial charge in [-0.2, -0.15) is 0 Å². The van der Waals surface area contributed by atoms with E-state index in [1.807, 2.05) is 4.57 Å². The molecule has 2 fully saturated rings. The van der Waals surface area contributed by atoms with Gasteiger partial charge in [-0.1, -0.05) is 0 Å². The molecule has 0 bridgehead atoms. The summed E-state index contributed by atoms with van der Waals surface area (Å²) < 4.78 is 6.99. The molecule has 0 aromatic carbocycles. The second-order valence-electron chi connectivity index (χ2n) is 5.46. The lowest BCUT2D eigenvalue weighted by atomic mass is 10.4. The van der Waals surface area contributed by atoms with Gasteiger partial charge < -0.3 is 19.9 Å². The molecule has 6 nitrogen and oxygen atoms in total. The normalized spacial score (nSPS) is 18.3. The third-order valence-corrected chi connectivity index (χ3v) is 3.80. The fourth-order valence-electron chi connectivity index (χ4n) is 2.58. The molecule has 1 aromatic heterocycles. The van der Waals surface area contributed by atoms with Crippen molar-refractivity contribution in [3.8, 4) is 0 Å². The number of hydrogen-bond donors (Lipinski definition) is 1. The van der Waals surface area contributed by atoms with Crippen LogP contribution in [0.5, 0.6) is 0 Å². The molecule has 0 unspecified atom stereocenters. The van der Waals surface area contributed by atoms with Crippen molar-refractivity contribution in [3.63, 3.8) is 0 Å². The van der Waals surface area contributed by atoms with Crippen LogP contribution in [-0.2, 0) is 9.53 Å². The third-order valence-electron chi connectivity index (χ3n) is 3.80. The van der Waals surface area contributed by atoms with Crippen molar-refractivity contribution in [2.75, 3.05) is 25.4 Å². The molecule has 0 spiro atoms. The number of likely N-dealkylation sites (tertiary alicyclic amines) is 1. The van der Waals surface area contributed by atoms with Gasteiger partial charge in [-0.3, -0.25) is 4.79 Å². The van der Waals surface area contributed by atoms with E-state index in [2.05, 4.69) is 0 Å². The van der Waals surface area contributed by atoms with E-state index in [0.29, 0.717) is 17.4 Å². The SMILES string of the molecule is Nc1cc(C(=O)OCC(=O)N2CCCC2)n(C2CC2)c1. The second-order valence-corrected chi connectivity index (χ2v) is 5.46. The van der Waals surface area contributed by atoms with Crippen LogP contribution in [0.4, 0.5) is 5.69 Å². The fourth-order valence-corrected chi connectivity index (χ4v) is 2.58. The molecule has 2 aliphatic rings. The number of ether oxygens (including phenoxy) is 1. The first kappa shape index (κ1) is 13.0. The Bertz CT molecular complexity index is 528. The number of carbonyl (C=O) groups excluding carboxylic acids is 2. The van der Waals surface area contributed by atoms with Gasteiger partial charge in [0.1, 0.15) is 5.69 Å². The molecule has 2 heterocycles. The molecule has 2 N–H and O–H groups in total. The van der Waals surface area contributed by atoms with Gasteiger partial charge in [0, 0.05) is 25.3 Å². The Hall–Kier alpha value is -1.98. The molecule has 1 aromatic rings. The highest BCUT2D eigenvalue weighted by atomic mass is 16.5. The highest BCUT2D eigenvalue weighted by molar-refractivity contribution is 5.91. The van der Waals surface area contributed by atoms with Crippen molar-refractivity contribution in [3.05, 3.63) is 18.0 Å². The van der Waals surface area contributed by atoms with E-state index in [1.54, 1.807) is 17.2 Å². The Morgan fingerprint density at radius 1 is 1.30 bits per heavy atom. The molecular formula is C14H19N3O3. The zero-order valence-corrected chi connectivity index (χ0v) is 11.4. The van der Waals surface area contributed by atoms with E-state index in [9.17, 15) is 9.59 Å². The maximum atomic E-state index is 12.1. The van der Waals surface area contributed by atoms with Crippen LogP contribution in [0.15, 0.2) is 12.3 Å². The maximum absolute atomic E-state index is 12.1. The topological polar surface area (TPSA) is 77.6 Å². The van der Waals surface area contributed by atoms with Crippen LogP contribution >= 0.6 is 0 Å². The molecule has 1 aliphatic heterocycles. The average Bonchev–Trinajstić information content (AvgIpc) is 2.98. The summed E-state index contributed by atoms with van der Waals surface area (Å²) in [6, 6.07) is 1.96. The highest BCUT2D eigenvalue weighted by Crippen LogP contribution is 2.37. The number of nitrogens with zero attached hydrogens (tertiary/aromatic N) is 2. The van der Waals surface area contributed by atoms with Crippen LogP contribution in [0.3, 0.4) is 0 Å². The summed E-state index contributed by atoms with van der Waals surface area (Å²) in [5, 5.41) is 0. The standard InChI is InChI=1S/C14H19N3O3/c15-10-7-12(17(8-10)11-3-4-11)14(19)20-9-13(18)16-5-1-2-6-16/h7-8,11H,1-6,9,15H2. The highest BCUT2D eigenvalue weighted by Gasteiger charge is 2.29. The van der Waals surface area contributed by atoms with Crippen LogP contribution in [0, 0.1) is 0 Å². The lowest BCUT2D eigenvalue weighted by Gasteiger charge is -2.15. The van der Waals surface area contributed by atoms with Crippen molar-refractivity contribution in [1.29, 1.82) is 0 Å². The average molecular weight is 277 g/mol. The van der Waals surface area contributed by atoms with Crippen LogP contribution in [0.1, 0.15) is 42.2 Å². The van der Waals surface area contributed by atoms with E-state index in [1.165, 1.54) is 0 Å². The van der Waals surface area contributed by atoms with Crippen LogP contribution in [-0.4, -0.2) is 41.0 Å². The van der Waals surface area contributed by atoms with E-state index in [-0.39, 0.29) is 12.5 Å². The van der Waals surface area contributed by atoms with Crippen LogP contribution in [0.2, 0.25) is 0 Å². The van der Waals surface area contributed by atoms with Crippen molar-refractivity contribution in [2.24, 2.45) is 0 Å². The number of carbonyl (C=O) groups is 2. The van der Waals surface area contributed by atoms with Crippen molar-refractivity contribution in [1.82, 2.24) is 9.47 Å². The van der Waals surface area contributed by atoms with Crippen molar-refractivity contribution >= 4 is 17.6 Å². The van der Waals surface area contributed by atoms with Crippen molar-refractivity contribution in [2.45, 2.75) is 31.7 Å². The lowest BCUT2D eigenvalue weighted by Crippen LogP contribution is -2.32. The monoisotopic (exact) mass is 277 g/mol. The van der Waals surface area contributed by atoms with Gasteiger partial charge in [0.15, 0.2) is 6.61 Å². The number of nitrogens with two attached hydrogens (primary N) is 1. The summed E-state index contributed by atoms with van der Waals surface area (Å²) in [7, 11) is 0. The molecule has 1 amide bonds. The first-order valence-corrected chi connectivity index (χ1v) is 7.07. The summed E-state index contributed by atoms with van der Waals surface area (Å²) in [6.45, 7) is 1.35. The summed E-state index contributed by atoms with van der Waals surface area (Å²) in [4.78, 5) is 25.6. The van der Waals surface area contributed by atoms with Crippen molar-refractivity contribution < 1.29 is 14.3 Å². The number of amides is 1. The van der Waals surface area contributed by atoms with Gasteiger partial charge in [0.2, 0.25) is 0 Å². The van der Waals surface area contributed by atoms with Gasteiger partial charge in [-0.15, -0.1) is 0 Å². The fraction of sp³-hybridized carbons (Fsp3) is 0.571. The minimum Gasteiger partial charge on any atom is -0.451 e. The van der Waals surface area contributed by atoms with Gasteiger partial charge in [-0.05, 0) is 31.7 Å². The molecule has 3 rings (SSSR count). The van der Waals surface area contributed by atoms with Gasteiger partial charge in [0.05, 0.1) is 5.69 Å². The first-order chi connectivity index (χ1) is 9.65. The summed E-state index contributed by atoms with van der Waals surface area (Å²) >= 11 is 0. The lowest BCUT2D eigenvalue weighted by molar-refractivity contribution is -0.133. The van der Waals surface area contributed by atoms with E-state index < -0.39 is 5.97 Å². The smallest absolute Gasteiger partial charge is 0.355 e. The van der Waals surface area contributed by atoms with Crippen LogP contribution < -0.4 is 5.73 Å². The zero-order valence-electron chi connectivity index (χ0n) is 11.4. The predicted octanol–water partition coefficient (Wildman–Crippen LogP) is 1.18. The molecule has 0 radical (unpaired) electrons. The molecule has 1 saturated carbocycles. The largest absolute Gasteiger partial charge is 0.451 e. The molecule has 0 atom stereocenters. The maximum Gasteiger partial charge on any atom is 0.355 e. The Balaban J connectivity index is 1.60. The van der Waals surface area contributed by atoms with Gasteiger partial charge in [-0.25, -0.2) is 4.79 Å². The van der Waals surface area contributed by atoms with Gasteiger partial charge >= 0.3 is 5.97 Å². The number of nitrogen functional groups attached to an aromatic ring is 1. The van der Waals surface area contributed by atoms with E-state index in [4.69, 9.17) is 10.5 Å². The second kappa shape index (κ2) is 5.19. The quantitative estimate of drug-likeness (QED) is 0.838. The predicted molar refractivity (Wildman–Crippen MR) is 73.2 cm³/mol. The Morgan fingerprint density at radius 2 is 2.00 bits per heavy atom. The van der Waals surface area contributed by atoms with E-state index in [0.717, 1.165) is 38.8 Å². The minimum atomic E-state index is -0.471. The Kier molecular flexibility index (Phi) is 3.38. The zero-order chi connectivity index (χ0) is 14.1. The number of anilines is 1.